The fraction of sp³-hybridized carbons (Fsp3) is 0.654. The number of hydrogen-bond acceptors (Lipinski definition) is 8. The molecule has 39 heavy (non-hydrogen) atoms. The minimum absolute atomic E-state index is 0.0712. The van der Waals surface area contributed by atoms with Crippen LogP contribution in [0, 0.1) is 5.92 Å². The number of rotatable bonds is 10. The van der Waals surface area contributed by atoms with Gasteiger partial charge >= 0.3 is 6.09 Å². The predicted molar refractivity (Wildman–Crippen MR) is 144 cm³/mol. The lowest BCUT2D eigenvalue weighted by molar-refractivity contribution is -0.136. The van der Waals surface area contributed by atoms with Crippen LogP contribution >= 0.6 is 0 Å². The predicted octanol–water partition coefficient (Wildman–Crippen LogP) is 2.46. The molecular weight excluding hydrogens is 528 g/mol. The van der Waals surface area contributed by atoms with E-state index in [2.05, 4.69) is 0 Å². The number of nitrogens with zero attached hydrogens (tertiary/aromatic N) is 3. The van der Waals surface area contributed by atoms with Gasteiger partial charge in [0.05, 0.1) is 12.0 Å². The lowest BCUT2D eigenvalue weighted by atomic mass is 10.0. The zero-order chi connectivity index (χ0) is 29.5. The SMILES string of the molecule is COc1ccc(S(=O)(=O)N(CCC(=O)N2CCC(N(C)C(=O)OC(C)(C)C)CC2)C(C(=O)NO)C(C)C)cc1. The lowest BCUT2D eigenvalue weighted by Gasteiger charge is -2.37. The Labute approximate surface area is 231 Å². The molecule has 1 aliphatic rings. The molecule has 0 aromatic heterocycles. The van der Waals surface area contributed by atoms with Gasteiger partial charge in [-0.05, 0) is 63.8 Å². The Balaban J connectivity index is 2.15. The number of methoxy groups -OCH3 is 1. The summed E-state index contributed by atoms with van der Waals surface area (Å²) in [5.74, 6) is -1.19. The van der Waals surface area contributed by atoms with Gasteiger partial charge in [-0.1, -0.05) is 13.8 Å². The Morgan fingerprint density at radius 3 is 2.15 bits per heavy atom. The minimum atomic E-state index is -4.22. The van der Waals surface area contributed by atoms with E-state index in [0.717, 1.165) is 4.31 Å². The van der Waals surface area contributed by atoms with Gasteiger partial charge in [-0.3, -0.25) is 14.8 Å². The van der Waals surface area contributed by atoms with Crippen molar-refractivity contribution in [2.45, 2.75) is 76.5 Å². The maximum Gasteiger partial charge on any atom is 0.410 e. The molecule has 220 valence electrons. The highest BCUT2D eigenvalue weighted by Crippen LogP contribution is 2.25. The van der Waals surface area contributed by atoms with Gasteiger partial charge < -0.3 is 19.3 Å². The molecule has 2 rings (SSSR count). The molecule has 13 heteroatoms. The first-order valence-corrected chi connectivity index (χ1v) is 14.4. The standard InChI is InChI=1S/C26H42N4O8S/c1-18(2)23(24(32)27-34)30(39(35,36)21-10-8-20(37-7)9-11-21)17-14-22(31)29-15-12-19(13-16-29)28(6)25(33)38-26(3,4)5/h8-11,18-19,23,34H,12-17H2,1-7H3,(H,27,32). The van der Waals surface area contributed by atoms with Crippen LogP contribution in [0.15, 0.2) is 29.2 Å². The van der Waals surface area contributed by atoms with Gasteiger partial charge in [0.2, 0.25) is 15.9 Å². The van der Waals surface area contributed by atoms with Crippen LogP contribution in [0.1, 0.15) is 53.9 Å². The van der Waals surface area contributed by atoms with Gasteiger partial charge in [0.1, 0.15) is 17.4 Å². The Bertz CT molecular complexity index is 1090. The van der Waals surface area contributed by atoms with Crippen LogP contribution < -0.4 is 10.2 Å². The quantitative estimate of drug-likeness (QED) is 0.322. The average Bonchev–Trinajstić information content (AvgIpc) is 2.88. The third-order valence-electron chi connectivity index (χ3n) is 6.58. The van der Waals surface area contributed by atoms with Gasteiger partial charge in [0, 0.05) is 39.1 Å². The summed E-state index contributed by atoms with van der Waals surface area (Å²) in [6, 6.07) is 4.38. The van der Waals surface area contributed by atoms with Crippen molar-refractivity contribution in [2.75, 3.05) is 33.8 Å². The van der Waals surface area contributed by atoms with E-state index in [1.54, 1.807) is 56.9 Å². The molecule has 1 heterocycles. The number of piperidine rings is 1. The summed E-state index contributed by atoms with van der Waals surface area (Å²) < 4.78 is 38.7. The zero-order valence-electron chi connectivity index (χ0n) is 23.8. The van der Waals surface area contributed by atoms with Gasteiger partial charge in [-0.25, -0.2) is 18.7 Å². The highest BCUT2D eigenvalue weighted by atomic mass is 32.2. The number of hydroxylamine groups is 1. The molecule has 1 atom stereocenters. The highest BCUT2D eigenvalue weighted by Gasteiger charge is 2.39. The first kappa shape index (κ1) is 32.3. The molecule has 0 saturated carbocycles. The normalized spacial score (nSPS) is 15.7. The maximum atomic E-state index is 13.6. The first-order chi connectivity index (χ1) is 18.1. The fourth-order valence-electron chi connectivity index (χ4n) is 4.47. The molecule has 1 aliphatic heterocycles. The van der Waals surface area contributed by atoms with Crippen molar-refractivity contribution in [3.05, 3.63) is 24.3 Å². The van der Waals surface area contributed by atoms with Gasteiger partial charge in [0.25, 0.3) is 5.91 Å². The van der Waals surface area contributed by atoms with Gasteiger partial charge in [-0.2, -0.15) is 4.31 Å². The molecule has 3 amide bonds. The molecule has 0 radical (unpaired) electrons. The summed E-state index contributed by atoms with van der Waals surface area (Å²) in [5, 5.41) is 9.31. The number of carbonyl (C=O) groups is 3. The van der Waals surface area contributed by atoms with Crippen LogP contribution in [0.2, 0.25) is 0 Å². The summed E-state index contributed by atoms with van der Waals surface area (Å²) in [7, 11) is -1.08. The number of nitrogens with one attached hydrogen (secondary N) is 1. The fourth-order valence-corrected chi connectivity index (χ4v) is 6.19. The van der Waals surface area contributed by atoms with E-state index < -0.39 is 39.6 Å². The van der Waals surface area contributed by atoms with Crippen molar-refractivity contribution >= 4 is 27.9 Å². The van der Waals surface area contributed by atoms with Crippen LogP contribution in [0.25, 0.3) is 0 Å². The van der Waals surface area contributed by atoms with Crippen LogP contribution in [0.3, 0.4) is 0 Å². The Kier molecular flexibility index (Phi) is 11.1. The molecule has 2 N–H and O–H groups in total. The summed E-state index contributed by atoms with van der Waals surface area (Å²) >= 11 is 0. The third-order valence-corrected chi connectivity index (χ3v) is 8.47. The number of likely N-dealkylation sites (tertiary alicyclic amines) is 1. The average molecular weight is 571 g/mol. The van der Waals surface area contributed by atoms with Crippen molar-refractivity contribution in [1.29, 1.82) is 0 Å². The van der Waals surface area contributed by atoms with E-state index in [0.29, 0.717) is 31.7 Å². The Hall–Kier alpha value is -2.90. The van der Waals surface area contributed by atoms with E-state index in [9.17, 15) is 28.0 Å². The van der Waals surface area contributed by atoms with Crippen LogP contribution in [-0.4, -0.2) is 97.1 Å². The highest BCUT2D eigenvalue weighted by molar-refractivity contribution is 7.89. The lowest BCUT2D eigenvalue weighted by Crippen LogP contribution is -2.53. The van der Waals surface area contributed by atoms with Gasteiger partial charge in [0.15, 0.2) is 0 Å². The summed E-state index contributed by atoms with van der Waals surface area (Å²) in [6.45, 7) is 9.24. The maximum absolute atomic E-state index is 13.6. The van der Waals surface area contributed by atoms with Crippen molar-refractivity contribution in [3.8, 4) is 5.75 Å². The third kappa shape index (κ3) is 8.54. The molecular formula is C26H42N4O8S. The molecule has 1 aromatic carbocycles. The van der Waals surface area contributed by atoms with Crippen molar-refractivity contribution in [3.63, 3.8) is 0 Å². The summed E-state index contributed by atoms with van der Waals surface area (Å²) in [5.41, 5.74) is 0.945. The van der Waals surface area contributed by atoms with E-state index in [1.165, 1.54) is 31.4 Å². The Morgan fingerprint density at radius 2 is 1.69 bits per heavy atom. The number of benzene rings is 1. The number of sulfonamides is 1. The van der Waals surface area contributed by atoms with E-state index >= 15 is 0 Å². The monoisotopic (exact) mass is 570 g/mol. The molecule has 1 aromatic rings. The van der Waals surface area contributed by atoms with Crippen LogP contribution in [0.4, 0.5) is 4.79 Å². The molecule has 12 nitrogen and oxygen atoms in total. The van der Waals surface area contributed by atoms with E-state index in [-0.39, 0.29) is 29.8 Å². The summed E-state index contributed by atoms with van der Waals surface area (Å²) in [6.07, 6.45) is 0.519. The van der Waals surface area contributed by atoms with Crippen LogP contribution in [0.5, 0.6) is 5.75 Å². The first-order valence-electron chi connectivity index (χ1n) is 13.0. The second-order valence-corrected chi connectivity index (χ2v) is 12.8. The number of hydrogen-bond donors (Lipinski definition) is 2. The number of ether oxygens (including phenoxy) is 2. The second kappa shape index (κ2) is 13.4. The van der Waals surface area contributed by atoms with E-state index in [4.69, 9.17) is 9.47 Å². The zero-order valence-corrected chi connectivity index (χ0v) is 24.7. The molecule has 0 spiro atoms. The minimum Gasteiger partial charge on any atom is -0.497 e. The van der Waals surface area contributed by atoms with Crippen molar-refractivity contribution in [1.82, 2.24) is 19.6 Å². The number of carbonyl (C=O) groups excluding carboxylic acids is 3. The van der Waals surface area contributed by atoms with E-state index in [1.807, 2.05) is 0 Å². The van der Waals surface area contributed by atoms with Crippen molar-refractivity contribution in [2.24, 2.45) is 5.92 Å². The Morgan fingerprint density at radius 1 is 1.13 bits per heavy atom. The van der Waals surface area contributed by atoms with Gasteiger partial charge in [-0.15, -0.1) is 0 Å². The number of amides is 3. The molecule has 0 bridgehead atoms. The topological polar surface area (TPSA) is 146 Å². The summed E-state index contributed by atoms with van der Waals surface area (Å²) in [4.78, 5) is 41.2. The molecule has 1 unspecified atom stereocenters. The second-order valence-electron chi connectivity index (χ2n) is 10.9. The van der Waals surface area contributed by atoms with Crippen molar-refractivity contribution < 1.29 is 37.5 Å². The smallest absolute Gasteiger partial charge is 0.410 e. The van der Waals surface area contributed by atoms with Crippen LogP contribution in [-0.2, 0) is 24.3 Å². The largest absolute Gasteiger partial charge is 0.497 e. The molecule has 0 aliphatic carbocycles. The molecule has 1 saturated heterocycles. The molecule has 1 fully saturated rings.